The lowest BCUT2D eigenvalue weighted by Gasteiger charge is -2.19. The second-order valence-corrected chi connectivity index (χ2v) is 18.8. The van der Waals surface area contributed by atoms with Crippen LogP contribution in [0.1, 0.15) is 219 Å². The normalized spacial score (nSPS) is 13.9. The van der Waals surface area contributed by atoms with Gasteiger partial charge in [-0.2, -0.15) is 0 Å². The summed E-state index contributed by atoms with van der Waals surface area (Å²) in [6.07, 6.45) is 68.7. The first kappa shape index (κ1) is 63.9. The molecule has 0 rings (SSSR count). The lowest BCUT2D eigenvalue weighted by Crippen LogP contribution is -2.29. The molecule has 0 aliphatic carbocycles. The lowest BCUT2D eigenvalue weighted by molar-refractivity contribution is -0.161. The molecule has 384 valence electrons. The van der Waals surface area contributed by atoms with Gasteiger partial charge in [-0.1, -0.05) is 214 Å². The summed E-state index contributed by atoms with van der Waals surface area (Å²) in [5.41, 5.74) is 5.37. The van der Waals surface area contributed by atoms with Gasteiger partial charge in [0.15, 0.2) is 6.10 Å². The summed E-state index contributed by atoms with van der Waals surface area (Å²) in [7, 11) is -4.39. The molecule has 3 N–H and O–H groups in total. The number of ether oxygens (including phenoxy) is 2. The Bertz CT molecular complexity index is 1410. The molecule has 0 saturated heterocycles. The van der Waals surface area contributed by atoms with Gasteiger partial charge in [-0.25, -0.2) is 4.57 Å². The number of allylic oxidation sites excluding steroid dienone is 16. The number of hydrogen-bond donors (Lipinski definition) is 2. The minimum Gasteiger partial charge on any atom is -0.462 e. The standard InChI is InChI=1S/C57H98NO8P/c1-3-5-7-9-11-13-15-17-19-21-23-25-27-29-31-33-35-37-39-41-43-45-47-49-56(59)63-53-55(54-65-67(61,62)64-52-51-58)66-57(60)50-48-46-44-42-40-38-36-34-32-30-28-26-24-22-20-18-16-14-12-10-8-6-4-2/h5-8,11-14,17-20,23-26,55H,3-4,9-10,15-16,21-22,27-54,58H2,1-2H3,(H,61,62)/b7-5-,8-6-,13-11-,14-12-,19-17-,20-18-,25-23-,26-24-. The molecule has 0 amide bonds. The Labute approximate surface area is 410 Å². The quantitative estimate of drug-likeness (QED) is 0.0264. The Morgan fingerprint density at radius 1 is 0.448 bits per heavy atom. The third kappa shape index (κ3) is 52.2. The van der Waals surface area contributed by atoms with Gasteiger partial charge in [0.1, 0.15) is 6.61 Å². The average Bonchev–Trinajstić information content (AvgIpc) is 3.32. The van der Waals surface area contributed by atoms with Crippen molar-refractivity contribution < 1.29 is 37.6 Å². The van der Waals surface area contributed by atoms with Crippen LogP contribution in [0, 0.1) is 0 Å². The monoisotopic (exact) mass is 956 g/mol. The highest BCUT2D eigenvalue weighted by Gasteiger charge is 2.26. The second-order valence-electron chi connectivity index (χ2n) is 17.3. The Balaban J connectivity index is 4.05. The number of rotatable bonds is 49. The van der Waals surface area contributed by atoms with Crippen molar-refractivity contribution in [3.8, 4) is 0 Å². The zero-order valence-electron chi connectivity index (χ0n) is 42.6. The van der Waals surface area contributed by atoms with Crippen molar-refractivity contribution in [3.05, 3.63) is 97.2 Å². The van der Waals surface area contributed by atoms with E-state index in [4.69, 9.17) is 24.3 Å². The van der Waals surface area contributed by atoms with E-state index in [1.54, 1.807) is 0 Å². The van der Waals surface area contributed by atoms with Gasteiger partial charge in [0.25, 0.3) is 0 Å². The van der Waals surface area contributed by atoms with Gasteiger partial charge in [0, 0.05) is 19.4 Å². The number of unbranched alkanes of at least 4 members (excludes halogenated alkanes) is 20. The van der Waals surface area contributed by atoms with Gasteiger partial charge < -0.3 is 20.1 Å². The molecule has 67 heavy (non-hydrogen) atoms. The number of carbonyl (C=O) groups excluding carboxylic acids is 2. The zero-order chi connectivity index (χ0) is 48.8. The summed E-state index contributed by atoms with van der Waals surface area (Å²) in [6, 6.07) is 0. The van der Waals surface area contributed by atoms with Crippen LogP contribution in [0.2, 0.25) is 0 Å². The molecular weight excluding hydrogens is 858 g/mol. The zero-order valence-corrected chi connectivity index (χ0v) is 43.5. The van der Waals surface area contributed by atoms with E-state index in [1.165, 1.54) is 77.0 Å². The van der Waals surface area contributed by atoms with Crippen LogP contribution in [0.5, 0.6) is 0 Å². The van der Waals surface area contributed by atoms with E-state index in [0.717, 1.165) is 109 Å². The van der Waals surface area contributed by atoms with Crippen LogP contribution in [0.25, 0.3) is 0 Å². The van der Waals surface area contributed by atoms with Crippen molar-refractivity contribution in [1.29, 1.82) is 0 Å². The number of carbonyl (C=O) groups is 2. The third-order valence-electron chi connectivity index (χ3n) is 11.0. The second kappa shape index (κ2) is 52.3. The van der Waals surface area contributed by atoms with E-state index >= 15 is 0 Å². The molecule has 2 atom stereocenters. The predicted molar refractivity (Wildman–Crippen MR) is 284 cm³/mol. The number of nitrogens with two attached hydrogens (primary N) is 1. The summed E-state index contributed by atoms with van der Waals surface area (Å²) in [5.74, 6) is -0.841. The Morgan fingerprint density at radius 3 is 1.15 bits per heavy atom. The molecule has 0 fully saturated rings. The molecule has 0 aliphatic heterocycles. The van der Waals surface area contributed by atoms with Crippen molar-refractivity contribution in [3.63, 3.8) is 0 Å². The number of phosphoric acid groups is 1. The molecule has 0 aromatic rings. The fourth-order valence-electron chi connectivity index (χ4n) is 7.09. The molecule has 0 aromatic heterocycles. The molecule has 9 nitrogen and oxygen atoms in total. The highest BCUT2D eigenvalue weighted by atomic mass is 31.2. The van der Waals surface area contributed by atoms with Gasteiger partial charge in [-0.3, -0.25) is 18.6 Å². The van der Waals surface area contributed by atoms with E-state index in [9.17, 15) is 19.0 Å². The van der Waals surface area contributed by atoms with Crippen molar-refractivity contribution >= 4 is 19.8 Å². The SMILES string of the molecule is CC/C=C\C/C=C\C/C=C\C/C=C\CCCCCCCCCCCCC(=O)OCC(COP(=O)(O)OCCN)OC(=O)CCCCCCCCCCCC/C=C\C/C=C\C/C=C\C/C=C\CC. The lowest BCUT2D eigenvalue weighted by atomic mass is 10.0. The van der Waals surface area contributed by atoms with Gasteiger partial charge in [-0.05, 0) is 89.9 Å². The van der Waals surface area contributed by atoms with Gasteiger partial charge in [-0.15, -0.1) is 0 Å². The first-order valence-corrected chi connectivity index (χ1v) is 28.2. The minimum absolute atomic E-state index is 0.0475. The van der Waals surface area contributed by atoms with E-state index in [0.29, 0.717) is 6.42 Å². The number of hydrogen-bond acceptors (Lipinski definition) is 8. The maximum Gasteiger partial charge on any atom is 0.472 e. The van der Waals surface area contributed by atoms with Crippen molar-refractivity contribution in [2.24, 2.45) is 5.73 Å². The Hall–Kier alpha value is -3.07. The van der Waals surface area contributed by atoms with Gasteiger partial charge in [0.2, 0.25) is 0 Å². The molecule has 0 saturated carbocycles. The van der Waals surface area contributed by atoms with Crippen LogP contribution in [0.4, 0.5) is 0 Å². The van der Waals surface area contributed by atoms with Crippen molar-refractivity contribution in [2.75, 3.05) is 26.4 Å². The van der Waals surface area contributed by atoms with Crippen LogP contribution >= 0.6 is 7.82 Å². The summed E-state index contributed by atoms with van der Waals surface area (Å²) in [5, 5.41) is 0. The maximum atomic E-state index is 12.7. The van der Waals surface area contributed by atoms with E-state index in [1.807, 2.05) is 0 Å². The summed E-state index contributed by atoms with van der Waals surface area (Å²) in [6.45, 7) is 3.51. The molecule has 0 bridgehead atoms. The molecule has 0 spiro atoms. The van der Waals surface area contributed by atoms with Crippen LogP contribution in [-0.2, 0) is 32.7 Å². The molecule has 0 aliphatic rings. The smallest absolute Gasteiger partial charge is 0.462 e. The maximum absolute atomic E-state index is 12.7. The Kier molecular flexibility index (Phi) is 49.9. The van der Waals surface area contributed by atoms with Crippen molar-refractivity contribution in [1.82, 2.24) is 0 Å². The molecular formula is C57H98NO8P. The van der Waals surface area contributed by atoms with Crippen LogP contribution in [0.15, 0.2) is 97.2 Å². The fraction of sp³-hybridized carbons (Fsp3) is 0.684. The third-order valence-corrected chi connectivity index (χ3v) is 11.9. The predicted octanol–water partition coefficient (Wildman–Crippen LogP) is 16.5. The van der Waals surface area contributed by atoms with Crippen LogP contribution < -0.4 is 5.73 Å². The molecule has 0 heterocycles. The summed E-state index contributed by atoms with van der Waals surface area (Å²) in [4.78, 5) is 35.1. The summed E-state index contributed by atoms with van der Waals surface area (Å²) < 4.78 is 33.0. The van der Waals surface area contributed by atoms with Crippen molar-refractivity contribution in [2.45, 2.75) is 225 Å². The van der Waals surface area contributed by atoms with Gasteiger partial charge >= 0.3 is 19.8 Å². The number of phosphoric ester groups is 1. The minimum atomic E-state index is -4.39. The van der Waals surface area contributed by atoms with E-state index in [-0.39, 0.29) is 38.6 Å². The topological polar surface area (TPSA) is 134 Å². The largest absolute Gasteiger partial charge is 0.472 e. The number of esters is 2. The Morgan fingerprint density at radius 2 is 0.776 bits per heavy atom. The van der Waals surface area contributed by atoms with E-state index in [2.05, 4.69) is 111 Å². The van der Waals surface area contributed by atoms with E-state index < -0.39 is 26.5 Å². The first-order valence-electron chi connectivity index (χ1n) is 26.7. The summed E-state index contributed by atoms with van der Waals surface area (Å²) >= 11 is 0. The average molecular weight is 956 g/mol. The molecule has 2 unspecified atom stereocenters. The highest BCUT2D eigenvalue weighted by molar-refractivity contribution is 7.47. The van der Waals surface area contributed by atoms with Crippen LogP contribution in [-0.4, -0.2) is 49.3 Å². The van der Waals surface area contributed by atoms with Crippen LogP contribution in [0.3, 0.4) is 0 Å². The molecule has 10 heteroatoms. The fourth-order valence-corrected chi connectivity index (χ4v) is 7.85. The highest BCUT2D eigenvalue weighted by Crippen LogP contribution is 2.43. The molecule has 0 radical (unpaired) electrons. The molecule has 0 aromatic carbocycles. The first-order chi connectivity index (χ1) is 32.8. The van der Waals surface area contributed by atoms with Gasteiger partial charge in [0.05, 0.1) is 13.2 Å².